The molecule has 3 aromatic carbocycles. The molecule has 0 fully saturated rings. The maximum Gasteiger partial charge on any atom is 0.338 e. The molecular formula is C24H20N2O6S. The minimum Gasteiger partial charge on any atom is -0.490 e. The summed E-state index contributed by atoms with van der Waals surface area (Å²) in [4.78, 5) is 12.3. The van der Waals surface area contributed by atoms with Crippen molar-refractivity contribution >= 4 is 21.7 Å². The number of fused-ring (bicyclic) bond motifs is 1. The van der Waals surface area contributed by atoms with E-state index in [0.717, 1.165) is 6.42 Å². The zero-order valence-electron chi connectivity index (χ0n) is 17.5. The third-order valence-electron chi connectivity index (χ3n) is 4.83. The van der Waals surface area contributed by atoms with Crippen molar-refractivity contribution < 1.29 is 27.4 Å². The van der Waals surface area contributed by atoms with Gasteiger partial charge in [-0.05, 0) is 54.1 Å². The SMILES string of the molecule is N#Cc1cccc(COC(=O)c2ccc(NS(=O)(=O)c3ccc4c(c3)OCCCO4)cc2)c1. The Bertz CT molecular complexity index is 1310. The van der Waals surface area contributed by atoms with Crippen molar-refractivity contribution in [1.29, 1.82) is 5.26 Å². The minimum absolute atomic E-state index is 0.0207. The summed E-state index contributed by atoms with van der Waals surface area (Å²) in [7, 11) is -3.87. The van der Waals surface area contributed by atoms with Gasteiger partial charge in [0.25, 0.3) is 10.0 Å². The molecule has 0 spiro atoms. The van der Waals surface area contributed by atoms with Crippen molar-refractivity contribution in [3.05, 3.63) is 83.4 Å². The fraction of sp³-hybridized carbons (Fsp3) is 0.167. The first-order valence-electron chi connectivity index (χ1n) is 10.1. The van der Waals surface area contributed by atoms with Crippen LogP contribution in [-0.4, -0.2) is 27.6 Å². The molecule has 0 amide bonds. The van der Waals surface area contributed by atoms with Gasteiger partial charge in [0.1, 0.15) is 6.61 Å². The number of hydrogen-bond acceptors (Lipinski definition) is 7. The summed E-state index contributed by atoms with van der Waals surface area (Å²) in [6.45, 7) is 0.983. The van der Waals surface area contributed by atoms with Crippen LogP contribution in [0.15, 0.2) is 71.6 Å². The molecule has 1 aliphatic rings. The van der Waals surface area contributed by atoms with E-state index in [1.807, 2.05) is 6.07 Å². The van der Waals surface area contributed by atoms with E-state index in [9.17, 15) is 13.2 Å². The third kappa shape index (κ3) is 5.42. The van der Waals surface area contributed by atoms with Gasteiger partial charge >= 0.3 is 5.97 Å². The lowest BCUT2D eigenvalue weighted by Gasteiger charge is -2.12. The van der Waals surface area contributed by atoms with Gasteiger partial charge in [-0.15, -0.1) is 0 Å². The number of hydrogen-bond donors (Lipinski definition) is 1. The van der Waals surface area contributed by atoms with Crippen LogP contribution in [0.2, 0.25) is 0 Å². The zero-order chi connectivity index (χ0) is 23.3. The van der Waals surface area contributed by atoms with Gasteiger partial charge in [0.2, 0.25) is 0 Å². The molecule has 0 aromatic heterocycles. The highest BCUT2D eigenvalue weighted by Crippen LogP contribution is 2.32. The van der Waals surface area contributed by atoms with Crippen molar-refractivity contribution in [1.82, 2.24) is 0 Å². The van der Waals surface area contributed by atoms with Gasteiger partial charge < -0.3 is 14.2 Å². The fourth-order valence-electron chi connectivity index (χ4n) is 3.16. The molecular weight excluding hydrogens is 444 g/mol. The maximum atomic E-state index is 12.8. The van der Waals surface area contributed by atoms with E-state index in [1.54, 1.807) is 30.3 Å². The molecule has 9 heteroatoms. The number of carbonyl (C=O) groups is 1. The molecule has 0 aliphatic carbocycles. The van der Waals surface area contributed by atoms with Gasteiger partial charge in [-0.25, -0.2) is 13.2 Å². The van der Waals surface area contributed by atoms with Crippen LogP contribution in [-0.2, 0) is 21.4 Å². The Kier molecular flexibility index (Phi) is 6.47. The van der Waals surface area contributed by atoms with Gasteiger partial charge in [0.05, 0.1) is 35.3 Å². The van der Waals surface area contributed by atoms with Crippen LogP contribution in [0.4, 0.5) is 5.69 Å². The number of benzene rings is 3. The van der Waals surface area contributed by atoms with Gasteiger partial charge in [-0.3, -0.25) is 4.72 Å². The molecule has 0 saturated carbocycles. The fourth-order valence-corrected chi connectivity index (χ4v) is 4.24. The van der Waals surface area contributed by atoms with Crippen LogP contribution in [0, 0.1) is 11.3 Å². The number of carbonyl (C=O) groups excluding carboxylic acids is 1. The Morgan fingerprint density at radius 3 is 2.52 bits per heavy atom. The molecule has 1 heterocycles. The predicted octanol–water partition coefficient (Wildman–Crippen LogP) is 3.88. The summed E-state index contributed by atoms with van der Waals surface area (Å²) in [5, 5.41) is 8.94. The minimum atomic E-state index is -3.87. The monoisotopic (exact) mass is 464 g/mol. The maximum absolute atomic E-state index is 12.8. The number of anilines is 1. The van der Waals surface area contributed by atoms with Crippen LogP contribution in [0.1, 0.15) is 27.9 Å². The Morgan fingerprint density at radius 1 is 1.00 bits per heavy atom. The molecule has 0 atom stereocenters. The molecule has 4 rings (SSSR count). The van der Waals surface area contributed by atoms with Crippen LogP contribution in [0.5, 0.6) is 11.5 Å². The first-order chi connectivity index (χ1) is 15.9. The average molecular weight is 464 g/mol. The second-order valence-corrected chi connectivity index (χ2v) is 8.91. The van der Waals surface area contributed by atoms with Gasteiger partial charge in [-0.2, -0.15) is 5.26 Å². The molecule has 8 nitrogen and oxygen atoms in total. The second-order valence-electron chi connectivity index (χ2n) is 7.23. The number of nitrogens with one attached hydrogen (secondary N) is 1. The van der Waals surface area contributed by atoms with E-state index < -0.39 is 16.0 Å². The van der Waals surface area contributed by atoms with E-state index >= 15 is 0 Å². The van der Waals surface area contributed by atoms with Crippen LogP contribution in [0.25, 0.3) is 0 Å². The average Bonchev–Trinajstić information content (AvgIpc) is 3.08. The Hall–Kier alpha value is -4.03. The lowest BCUT2D eigenvalue weighted by atomic mass is 10.1. The first kappa shape index (κ1) is 22.2. The summed E-state index contributed by atoms with van der Waals surface area (Å²) in [6.07, 6.45) is 0.718. The highest BCUT2D eigenvalue weighted by Gasteiger charge is 2.19. The number of rotatable bonds is 6. The van der Waals surface area contributed by atoms with E-state index in [2.05, 4.69) is 4.72 Å². The normalized spacial score (nSPS) is 12.8. The van der Waals surface area contributed by atoms with Gasteiger partial charge in [-0.1, -0.05) is 12.1 Å². The second kappa shape index (κ2) is 9.63. The molecule has 33 heavy (non-hydrogen) atoms. The number of esters is 1. The largest absolute Gasteiger partial charge is 0.490 e. The molecule has 0 saturated heterocycles. The highest BCUT2D eigenvalue weighted by atomic mass is 32.2. The molecule has 168 valence electrons. The van der Waals surface area contributed by atoms with Crippen molar-refractivity contribution in [2.24, 2.45) is 0 Å². The smallest absolute Gasteiger partial charge is 0.338 e. The zero-order valence-corrected chi connectivity index (χ0v) is 18.3. The summed E-state index contributed by atoms with van der Waals surface area (Å²) in [5.74, 6) is 0.331. The van der Waals surface area contributed by atoms with Gasteiger partial charge in [0, 0.05) is 18.2 Å². The lowest BCUT2D eigenvalue weighted by Crippen LogP contribution is -2.13. The van der Waals surface area contributed by atoms with Crippen LogP contribution >= 0.6 is 0 Å². The summed E-state index contributed by atoms with van der Waals surface area (Å²) in [5.41, 5.74) is 1.74. The van der Waals surface area contributed by atoms with Crippen molar-refractivity contribution in [2.75, 3.05) is 17.9 Å². The number of nitrogens with zero attached hydrogens (tertiary/aromatic N) is 1. The number of nitriles is 1. The topological polar surface area (TPSA) is 115 Å². The Morgan fingerprint density at radius 2 is 1.76 bits per heavy atom. The molecule has 0 radical (unpaired) electrons. The van der Waals surface area contributed by atoms with E-state index in [4.69, 9.17) is 19.5 Å². The van der Waals surface area contributed by atoms with Crippen molar-refractivity contribution in [2.45, 2.75) is 17.9 Å². The van der Waals surface area contributed by atoms with Gasteiger partial charge in [0.15, 0.2) is 11.5 Å². The van der Waals surface area contributed by atoms with E-state index in [1.165, 1.54) is 36.4 Å². The molecule has 3 aromatic rings. The van der Waals surface area contributed by atoms with Crippen LogP contribution < -0.4 is 14.2 Å². The molecule has 1 N–H and O–H groups in total. The van der Waals surface area contributed by atoms with Crippen LogP contribution in [0.3, 0.4) is 0 Å². The van der Waals surface area contributed by atoms with E-state index in [-0.39, 0.29) is 17.1 Å². The standard InChI is InChI=1S/C24H20N2O6S/c25-15-17-3-1-4-18(13-17)16-32-24(27)19-5-7-20(8-6-19)26-33(28,29)21-9-10-22-23(14-21)31-12-2-11-30-22/h1,3-10,13-14,26H,2,11-12,16H2. The number of ether oxygens (including phenoxy) is 3. The summed E-state index contributed by atoms with van der Waals surface area (Å²) >= 11 is 0. The lowest BCUT2D eigenvalue weighted by molar-refractivity contribution is 0.0472. The first-order valence-corrected chi connectivity index (χ1v) is 11.6. The van der Waals surface area contributed by atoms with E-state index in [0.29, 0.717) is 41.5 Å². The summed E-state index contributed by atoms with van der Waals surface area (Å²) in [6, 6.07) is 19.2. The quantitative estimate of drug-likeness (QED) is 0.551. The Labute approximate surface area is 191 Å². The van der Waals surface area contributed by atoms with Crippen molar-refractivity contribution in [3.63, 3.8) is 0 Å². The predicted molar refractivity (Wildman–Crippen MR) is 120 cm³/mol. The molecule has 1 aliphatic heterocycles. The third-order valence-corrected chi connectivity index (χ3v) is 6.21. The number of sulfonamides is 1. The molecule has 0 bridgehead atoms. The summed E-state index contributed by atoms with van der Waals surface area (Å²) < 4.78 is 44.4. The Balaban J connectivity index is 1.41. The van der Waals surface area contributed by atoms with Crippen molar-refractivity contribution in [3.8, 4) is 17.6 Å². The molecule has 0 unspecified atom stereocenters. The highest BCUT2D eigenvalue weighted by molar-refractivity contribution is 7.92.